The molecule has 4 nitrogen and oxygen atoms in total. The van der Waals surface area contributed by atoms with E-state index >= 15 is 0 Å². The molecule has 1 aliphatic heterocycles. The van der Waals surface area contributed by atoms with Crippen molar-refractivity contribution in [2.45, 2.75) is 18.4 Å². The van der Waals surface area contributed by atoms with E-state index < -0.39 is 5.60 Å². The highest BCUT2D eigenvalue weighted by Gasteiger charge is 2.30. The van der Waals surface area contributed by atoms with Crippen LogP contribution in [0.5, 0.6) is 0 Å². The summed E-state index contributed by atoms with van der Waals surface area (Å²) in [5, 5.41) is 13.7. The largest absolute Gasteiger partial charge is 0.388 e. The summed E-state index contributed by atoms with van der Waals surface area (Å²) >= 11 is 11.7. The Kier molecular flexibility index (Phi) is 4.68. The van der Waals surface area contributed by atoms with Crippen LogP contribution in [-0.2, 0) is 4.74 Å². The molecule has 19 heavy (non-hydrogen) atoms. The third kappa shape index (κ3) is 3.83. The van der Waals surface area contributed by atoms with Crippen molar-refractivity contribution < 1.29 is 14.6 Å². The Morgan fingerprint density at radius 1 is 1.37 bits per heavy atom. The van der Waals surface area contributed by atoms with E-state index in [9.17, 15) is 9.90 Å². The Bertz CT molecular complexity index is 473. The molecule has 0 aliphatic carbocycles. The maximum Gasteiger partial charge on any atom is 0.252 e. The van der Waals surface area contributed by atoms with E-state index in [1.807, 2.05) is 0 Å². The van der Waals surface area contributed by atoms with Gasteiger partial charge >= 0.3 is 0 Å². The highest BCUT2D eigenvalue weighted by atomic mass is 35.5. The molecule has 1 aromatic carbocycles. The zero-order valence-corrected chi connectivity index (χ0v) is 11.8. The van der Waals surface area contributed by atoms with Crippen LogP contribution in [0, 0.1) is 0 Å². The van der Waals surface area contributed by atoms with E-state index in [1.165, 1.54) is 6.07 Å². The average molecular weight is 304 g/mol. The molecule has 0 unspecified atom stereocenters. The van der Waals surface area contributed by atoms with E-state index in [1.54, 1.807) is 12.1 Å². The fraction of sp³-hybridized carbons (Fsp3) is 0.462. The minimum absolute atomic E-state index is 0.189. The second kappa shape index (κ2) is 6.09. The van der Waals surface area contributed by atoms with Gasteiger partial charge in [0.2, 0.25) is 0 Å². The van der Waals surface area contributed by atoms with Crippen molar-refractivity contribution in [2.24, 2.45) is 0 Å². The van der Waals surface area contributed by atoms with Gasteiger partial charge in [0.25, 0.3) is 5.91 Å². The second-order valence-electron chi connectivity index (χ2n) is 4.64. The monoisotopic (exact) mass is 303 g/mol. The molecular weight excluding hydrogens is 289 g/mol. The Morgan fingerprint density at radius 3 is 2.68 bits per heavy atom. The van der Waals surface area contributed by atoms with Crippen molar-refractivity contribution in [3.8, 4) is 0 Å². The maximum atomic E-state index is 12.0. The van der Waals surface area contributed by atoms with Crippen molar-refractivity contribution in [1.29, 1.82) is 0 Å². The van der Waals surface area contributed by atoms with Gasteiger partial charge in [-0.3, -0.25) is 4.79 Å². The van der Waals surface area contributed by atoms with Crippen LogP contribution < -0.4 is 5.32 Å². The summed E-state index contributed by atoms with van der Waals surface area (Å²) in [5.74, 6) is -0.318. The van der Waals surface area contributed by atoms with Crippen molar-refractivity contribution in [1.82, 2.24) is 5.32 Å². The second-order valence-corrected chi connectivity index (χ2v) is 5.49. The van der Waals surface area contributed by atoms with Crippen molar-refractivity contribution in [3.63, 3.8) is 0 Å². The van der Waals surface area contributed by atoms with Crippen LogP contribution in [0.2, 0.25) is 10.0 Å². The summed E-state index contributed by atoms with van der Waals surface area (Å²) in [7, 11) is 0. The molecule has 6 heteroatoms. The topological polar surface area (TPSA) is 58.6 Å². The SMILES string of the molecule is O=C(NCC1(O)CCOCC1)c1ccc(Cl)cc1Cl. The molecule has 2 N–H and O–H groups in total. The highest BCUT2D eigenvalue weighted by molar-refractivity contribution is 6.36. The van der Waals surface area contributed by atoms with Crippen LogP contribution in [0.1, 0.15) is 23.2 Å². The molecule has 1 heterocycles. The van der Waals surface area contributed by atoms with Crippen LogP contribution >= 0.6 is 23.2 Å². The number of nitrogens with one attached hydrogen (secondary N) is 1. The highest BCUT2D eigenvalue weighted by Crippen LogP contribution is 2.22. The van der Waals surface area contributed by atoms with Crippen molar-refractivity contribution >= 4 is 29.1 Å². The predicted molar refractivity (Wildman–Crippen MR) is 73.8 cm³/mol. The number of hydrogen-bond acceptors (Lipinski definition) is 3. The molecule has 0 radical (unpaired) electrons. The third-order valence-corrected chi connectivity index (χ3v) is 3.73. The lowest BCUT2D eigenvalue weighted by Gasteiger charge is -2.32. The summed E-state index contributed by atoms with van der Waals surface area (Å²) in [5.41, 5.74) is -0.547. The first kappa shape index (κ1) is 14.6. The van der Waals surface area contributed by atoms with Gasteiger partial charge in [-0.1, -0.05) is 23.2 Å². The fourth-order valence-electron chi connectivity index (χ4n) is 1.94. The molecule has 1 aromatic rings. The number of ether oxygens (including phenoxy) is 1. The molecule has 104 valence electrons. The lowest BCUT2D eigenvalue weighted by atomic mass is 9.94. The van der Waals surface area contributed by atoms with Crippen LogP contribution in [0.25, 0.3) is 0 Å². The summed E-state index contributed by atoms with van der Waals surface area (Å²) in [6, 6.07) is 4.68. The molecule has 2 rings (SSSR count). The number of rotatable bonds is 3. The lowest BCUT2D eigenvalue weighted by Crippen LogP contribution is -2.46. The Balaban J connectivity index is 1.97. The molecule has 0 saturated carbocycles. The van der Waals surface area contributed by atoms with Crippen LogP contribution in [0.15, 0.2) is 18.2 Å². The Hall–Kier alpha value is -0.810. The van der Waals surface area contributed by atoms with Gasteiger partial charge < -0.3 is 15.2 Å². The van der Waals surface area contributed by atoms with Crippen LogP contribution in [0.4, 0.5) is 0 Å². The third-order valence-electron chi connectivity index (χ3n) is 3.18. The van der Waals surface area contributed by atoms with Crippen molar-refractivity contribution in [3.05, 3.63) is 33.8 Å². The summed E-state index contributed by atoms with van der Waals surface area (Å²) < 4.78 is 5.18. The van der Waals surface area contributed by atoms with Gasteiger partial charge in [0.1, 0.15) is 0 Å². The number of carbonyl (C=O) groups excluding carboxylic acids is 1. The summed E-state index contributed by atoms with van der Waals surface area (Å²) in [4.78, 5) is 12.0. The minimum Gasteiger partial charge on any atom is -0.388 e. The molecule has 1 fully saturated rings. The van der Waals surface area contributed by atoms with E-state index in [4.69, 9.17) is 27.9 Å². The molecule has 1 saturated heterocycles. The zero-order chi connectivity index (χ0) is 13.9. The molecule has 0 aromatic heterocycles. The van der Waals surface area contributed by atoms with E-state index in [2.05, 4.69) is 5.32 Å². The van der Waals surface area contributed by atoms with E-state index in [-0.39, 0.29) is 12.5 Å². The fourth-order valence-corrected chi connectivity index (χ4v) is 2.44. The molecule has 1 aliphatic rings. The number of amides is 1. The van der Waals surface area contributed by atoms with Gasteiger partial charge in [0.15, 0.2) is 0 Å². The normalized spacial score (nSPS) is 18.1. The Labute approximate surface area is 121 Å². The maximum absolute atomic E-state index is 12.0. The number of benzene rings is 1. The van der Waals surface area contributed by atoms with Crippen LogP contribution in [0.3, 0.4) is 0 Å². The molecule has 0 spiro atoms. The van der Waals surface area contributed by atoms with Crippen molar-refractivity contribution in [2.75, 3.05) is 19.8 Å². The van der Waals surface area contributed by atoms with Gasteiger partial charge in [-0.05, 0) is 18.2 Å². The van der Waals surface area contributed by atoms with Gasteiger partial charge in [-0.25, -0.2) is 0 Å². The molecule has 0 atom stereocenters. The Morgan fingerprint density at radius 2 is 2.05 bits per heavy atom. The van der Waals surface area contributed by atoms with E-state index in [0.717, 1.165) is 0 Å². The zero-order valence-electron chi connectivity index (χ0n) is 10.3. The van der Waals surface area contributed by atoms with Gasteiger partial charge in [0.05, 0.1) is 16.2 Å². The number of carbonyl (C=O) groups is 1. The first-order valence-corrected chi connectivity index (χ1v) is 6.79. The quantitative estimate of drug-likeness (QED) is 0.900. The molecular formula is C13H15Cl2NO3. The smallest absolute Gasteiger partial charge is 0.252 e. The van der Waals surface area contributed by atoms with E-state index in [0.29, 0.717) is 41.7 Å². The van der Waals surface area contributed by atoms with Gasteiger partial charge in [0, 0.05) is 37.6 Å². The first-order chi connectivity index (χ1) is 9.00. The molecule has 0 bridgehead atoms. The summed E-state index contributed by atoms with van der Waals surface area (Å²) in [6.07, 6.45) is 1.03. The lowest BCUT2D eigenvalue weighted by molar-refractivity contribution is -0.0605. The van der Waals surface area contributed by atoms with Gasteiger partial charge in [-0.2, -0.15) is 0 Å². The number of halogens is 2. The first-order valence-electron chi connectivity index (χ1n) is 6.04. The number of aliphatic hydroxyl groups is 1. The average Bonchev–Trinajstić information content (AvgIpc) is 2.37. The van der Waals surface area contributed by atoms with Gasteiger partial charge in [-0.15, -0.1) is 0 Å². The molecule has 1 amide bonds. The summed E-state index contributed by atoms with van der Waals surface area (Å²) in [6.45, 7) is 1.20. The standard InChI is InChI=1S/C13H15Cl2NO3/c14-9-1-2-10(11(15)7-9)12(17)16-8-13(18)3-5-19-6-4-13/h1-2,7,18H,3-6,8H2,(H,16,17). The minimum atomic E-state index is -0.896. The predicted octanol–water partition coefficient (Wildman–Crippen LogP) is 2.26. The van der Waals surface area contributed by atoms with Crippen LogP contribution in [-0.4, -0.2) is 36.4 Å². The number of hydrogen-bond donors (Lipinski definition) is 2.